The summed E-state index contributed by atoms with van der Waals surface area (Å²) in [5.74, 6) is 0.805. The lowest BCUT2D eigenvalue weighted by atomic mass is 10.1. The summed E-state index contributed by atoms with van der Waals surface area (Å²) >= 11 is 1.85. The molecule has 3 heteroatoms. The maximum atomic E-state index is 5.35. The standard InChI is InChI=1S/C12H19NOS/c1-2-12(15-9-1)4-7-13-6-3-11-5-8-14-10-11/h1-2,9,11,13H,3-8,10H2. The minimum atomic E-state index is 0.805. The fourth-order valence-electron chi connectivity index (χ4n) is 1.91. The van der Waals surface area contributed by atoms with Crippen molar-refractivity contribution in [3.63, 3.8) is 0 Å². The van der Waals surface area contributed by atoms with Crippen LogP contribution in [0.25, 0.3) is 0 Å². The van der Waals surface area contributed by atoms with Crippen molar-refractivity contribution in [2.45, 2.75) is 19.3 Å². The van der Waals surface area contributed by atoms with Gasteiger partial charge in [0, 0.05) is 18.1 Å². The van der Waals surface area contributed by atoms with Gasteiger partial charge in [0.25, 0.3) is 0 Å². The predicted octanol–water partition coefficient (Wildman–Crippen LogP) is 2.31. The summed E-state index contributed by atoms with van der Waals surface area (Å²) in [6.45, 7) is 4.19. The molecule has 15 heavy (non-hydrogen) atoms. The van der Waals surface area contributed by atoms with Crippen LogP contribution in [-0.2, 0) is 11.2 Å². The van der Waals surface area contributed by atoms with Gasteiger partial charge in [-0.2, -0.15) is 0 Å². The van der Waals surface area contributed by atoms with Crippen LogP contribution in [0.1, 0.15) is 17.7 Å². The second-order valence-electron chi connectivity index (χ2n) is 4.10. The first-order chi connectivity index (χ1) is 7.45. The molecule has 2 rings (SSSR count). The Balaban J connectivity index is 1.48. The number of thiophene rings is 1. The Labute approximate surface area is 95.6 Å². The molecule has 0 bridgehead atoms. The van der Waals surface area contributed by atoms with Gasteiger partial charge >= 0.3 is 0 Å². The van der Waals surface area contributed by atoms with Crippen LogP contribution >= 0.6 is 11.3 Å². The Bertz CT molecular complexity index is 255. The van der Waals surface area contributed by atoms with Gasteiger partial charge in [0.2, 0.25) is 0 Å². The van der Waals surface area contributed by atoms with Gasteiger partial charge in [-0.15, -0.1) is 11.3 Å². The molecule has 1 aromatic rings. The van der Waals surface area contributed by atoms with Crippen LogP contribution in [0.5, 0.6) is 0 Å². The van der Waals surface area contributed by atoms with E-state index in [1.54, 1.807) is 0 Å². The molecule has 0 saturated carbocycles. The van der Waals surface area contributed by atoms with Crippen molar-refractivity contribution in [3.8, 4) is 0 Å². The highest BCUT2D eigenvalue weighted by molar-refractivity contribution is 7.09. The summed E-state index contributed by atoms with van der Waals surface area (Å²) in [6, 6.07) is 4.33. The van der Waals surface area contributed by atoms with Crippen molar-refractivity contribution < 1.29 is 4.74 Å². The van der Waals surface area contributed by atoms with E-state index in [2.05, 4.69) is 22.8 Å². The third kappa shape index (κ3) is 3.93. The molecule has 84 valence electrons. The maximum Gasteiger partial charge on any atom is 0.0495 e. The zero-order valence-corrected chi connectivity index (χ0v) is 9.89. The molecule has 0 aromatic carbocycles. The summed E-state index contributed by atoms with van der Waals surface area (Å²) in [5, 5.41) is 5.65. The number of nitrogens with one attached hydrogen (secondary N) is 1. The van der Waals surface area contributed by atoms with E-state index in [0.717, 1.165) is 32.2 Å². The van der Waals surface area contributed by atoms with Gasteiger partial charge in [-0.25, -0.2) is 0 Å². The molecule has 1 unspecified atom stereocenters. The van der Waals surface area contributed by atoms with Crippen LogP contribution < -0.4 is 5.32 Å². The van der Waals surface area contributed by atoms with Crippen LogP contribution in [0.15, 0.2) is 17.5 Å². The molecular weight excluding hydrogens is 206 g/mol. The van der Waals surface area contributed by atoms with Gasteiger partial charge in [0.15, 0.2) is 0 Å². The Morgan fingerprint density at radius 2 is 2.47 bits per heavy atom. The van der Waals surface area contributed by atoms with E-state index in [0.29, 0.717) is 0 Å². The number of rotatable bonds is 6. The van der Waals surface area contributed by atoms with Gasteiger partial charge in [-0.1, -0.05) is 6.07 Å². The second kappa shape index (κ2) is 6.26. The first-order valence-corrected chi connectivity index (χ1v) is 6.64. The zero-order valence-electron chi connectivity index (χ0n) is 9.08. The average molecular weight is 225 g/mol. The van der Waals surface area contributed by atoms with Gasteiger partial charge in [-0.3, -0.25) is 0 Å². The highest BCUT2D eigenvalue weighted by Gasteiger charge is 2.14. The molecule has 0 aliphatic carbocycles. The Hall–Kier alpha value is -0.380. The van der Waals surface area contributed by atoms with E-state index in [1.165, 1.54) is 24.1 Å². The quantitative estimate of drug-likeness (QED) is 0.750. The first-order valence-electron chi connectivity index (χ1n) is 5.76. The Morgan fingerprint density at radius 3 is 3.20 bits per heavy atom. The fourth-order valence-corrected chi connectivity index (χ4v) is 2.62. The summed E-state index contributed by atoms with van der Waals surface area (Å²) in [6.07, 6.45) is 3.69. The van der Waals surface area contributed by atoms with Crippen molar-refractivity contribution in [1.82, 2.24) is 5.32 Å². The first kappa shape index (κ1) is 11.1. The van der Waals surface area contributed by atoms with Gasteiger partial charge < -0.3 is 10.1 Å². The van der Waals surface area contributed by atoms with E-state index in [4.69, 9.17) is 4.74 Å². The van der Waals surface area contributed by atoms with Gasteiger partial charge in [-0.05, 0) is 49.7 Å². The average Bonchev–Trinajstić information content (AvgIpc) is 2.88. The molecule has 1 saturated heterocycles. The maximum absolute atomic E-state index is 5.35. The molecule has 1 atom stereocenters. The van der Waals surface area contributed by atoms with Crippen LogP contribution in [0.2, 0.25) is 0 Å². The lowest BCUT2D eigenvalue weighted by molar-refractivity contribution is 0.184. The topological polar surface area (TPSA) is 21.3 Å². The number of hydrogen-bond donors (Lipinski definition) is 1. The molecule has 1 aliphatic rings. The summed E-state index contributed by atoms with van der Waals surface area (Å²) in [4.78, 5) is 1.48. The van der Waals surface area contributed by atoms with Crippen LogP contribution in [0.4, 0.5) is 0 Å². The predicted molar refractivity (Wildman–Crippen MR) is 64.4 cm³/mol. The number of hydrogen-bond acceptors (Lipinski definition) is 3. The largest absolute Gasteiger partial charge is 0.381 e. The zero-order chi connectivity index (χ0) is 10.3. The van der Waals surface area contributed by atoms with Crippen molar-refractivity contribution >= 4 is 11.3 Å². The third-order valence-corrected chi connectivity index (χ3v) is 3.82. The van der Waals surface area contributed by atoms with Crippen molar-refractivity contribution in [2.75, 3.05) is 26.3 Å². The molecule has 0 amide bonds. The monoisotopic (exact) mass is 225 g/mol. The van der Waals surface area contributed by atoms with Crippen LogP contribution in [0, 0.1) is 5.92 Å². The summed E-state index contributed by atoms with van der Waals surface area (Å²) < 4.78 is 5.35. The van der Waals surface area contributed by atoms with E-state index in [1.807, 2.05) is 11.3 Å². The molecule has 1 fully saturated rings. The van der Waals surface area contributed by atoms with E-state index >= 15 is 0 Å². The summed E-state index contributed by atoms with van der Waals surface area (Å²) in [7, 11) is 0. The Kier molecular flexibility index (Phi) is 4.64. The van der Waals surface area contributed by atoms with Crippen LogP contribution in [-0.4, -0.2) is 26.3 Å². The SMILES string of the molecule is c1csc(CCNCCC2CCOC2)c1. The minimum absolute atomic E-state index is 0.805. The summed E-state index contributed by atoms with van der Waals surface area (Å²) in [5.41, 5.74) is 0. The number of ether oxygens (including phenoxy) is 1. The van der Waals surface area contributed by atoms with Crippen molar-refractivity contribution in [2.24, 2.45) is 5.92 Å². The van der Waals surface area contributed by atoms with E-state index in [-0.39, 0.29) is 0 Å². The molecule has 1 aliphatic heterocycles. The molecule has 2 nitrogen and oxygen atoms in total. The van der Waals surface area contributed by atoms with E-state index < -0.39 is 0 Å². The molecule has 2 heterocycles. The highest BCUT2D eigenvalue weighted by atomic mass is 32.1. The van der Waals surface area contributed by atoms with Crippen molar-refractivity contribution in [1.29, 1.82) is 0 Å². The molecular formula is C12H19NOS. The Morgan fingerprint density at radius 1 is 1.47 bits per heavy atom. The van der Waals surface area contributed by atoms with Gasteiger partial charge in [0.1, 0.15) is 0 Å². The van der Waals surface area contributed by atoms with Crippen molar-refractivity contribution in [3.05, 3.63) is 22.4 Å². The second-order valence-corrected chi connectivity index (χ2v) is 5.13. The van der Waals surface area contributed by atoms with E-state index in [9.17, 15) is 0 Å². The smallest absolute Gasteiger partial charge is 0.0495 e. The lowest BCUT2D eigenvalue weighted by Gasteiger charge is -2.07. The van der Waals surface area contributed by atoms with Gasteiger partial charge in [0.05, 0.1) is 0 Å². The molecule has 1 N–H and O–H groups in total. The fraction of sp³-hybridized carbons (Fsp3) is 0.667. The minimum Gasteiger partial charge on any atom is -0.381 e. The third-order valence-electron chi connectivity index (χ3n) is 2.88. The normalized spacial score (nSPS) is 20.9. The molecule has 1 aromatic heterocycles. The molecule has 0 radical (unpaired) electrons. The molecule has 0 spiro atoms. The van der Waals surface area contributed by atoms with Crippen LogP contribution in [0.3, 0.4) is 0 Å². The lowest BCUT2D eigenvalue weighted by Crippen LogP contribution is -2.20. The highest BCUT2D eigenvalue weighted by Crippen LogP contribution is 2.15.